The van der Waals surface area contributed by atoms with Crippen molar-refractivity contribution in [1.82, 2.24) is 5.32 Å². The Morgan fingerprint density at radius 2 is 2.36 bits per heavy atom. The summed E-state index contributed by atoms with van der Waals surface area (Å²) >= 11 is 0. The Balaban J connectivity index is 2.41. The van der Waals surface area contributed by atoms with E-state index >= 15 is 0 Å². The third-order valence-electron chi connectivity index (χ3n) is 3.01. The van der Waals surface area contributed by atoms with E-state index in [1.165, 1.54) is 19.3 Å². The van der Waals surface area contributed by atoms with E-state index in [0.29, 0.717) is 11.9 Å². The number of nitrogens with zero attached hydrogens (tertiary/aromatic N) is 1. The summed E-state index contributed by atoms with van der Waals surface area (Å²) in [5, 5.41) is 15.1. The molecule has 1 aliphatic rings. The van der Waals surface area contributed by atoms with Crippen molar-refractivity contribution in [2.24, 2.45) is 16.8 Å². The largest absolute Gasteiger partial charge is 0.409 e. The van der Waals surface area contributed by atoms with Crippen LogP contribution >= 0.6 is 0 Å². The maximum absolute atomic E-state index is 8.59. The maximum atomic E-state index is 8.59. The van der Waals surface area contributed by atoms with Crippen LogP contribution in [0.15, 0.2) is 5.16 Å². The quantitative estimate of drug-likeness (QED) is 0.276. The summed E-state index contributed by atoms with van der Waals surface area (Å²) < 4.78 is 0. The Bertz CT molecular complexity index is 206. The fraction of sp³-hybridized carbons (Fsp3) is 0.900. The molecular weight excluding hydrogens is 178 g/mol. The topological polar surface area (TPSA) is 70.6 Å². The third-order valence-corrected chi connectivity index (χ3v) is 3.01. The monoisotopic (exact) mass is 199 g/mol. The first-order valence-electron chi connectivity index (χ1n) is 5.40. The fourth-order valence-electron chi connectivity index (χ4n) is 2.13. The van der Waals surface area contributed by atoms with Gasteiger partial charge in [-0.15, -0.1) is 0 Å². The zero-order chi connectivity index (χ0) is 10.6. The summed E-state index contributed by atoms with van der Waals surface area (Å²) in [4.78, 5) is 0. The molecule has 0 aromatic heterocycles. The molecule has 1 fully saturated rings. The molecule has 0 saturated heterocycles. The van der Waals surface area contributed by atoms with Crippen LogP contribution in [0, 0.1) is 5.92 Å². The summed E-state index contributed by atoms with van der Waals surface area (Å²) in [6.07, 6.45) is 4.55. The Kier molecular flexibility index (Phi) is 4.20. The smallest absolute Gasteiger partial charge is 0.156 e. The molecule has 3 atom stereocenters. The van der Waals surface area contributed by atoms with Crippen molar-refractivity contribution in [2.75, 3.05) is 0 Å². The average molecular weight is 199 g/mol. The van der Waals surface area contributed by atoms with Gasteiger partial charge in [-0.1, -0.05) is 19.0 Å². The van der Waals surface area contributed by atoms with Gasteiger partial charge < -0.3 is 16.3 Å². The molecule has 0 aromatic rings. The van der Waals surface area contributed by atoms with E-state index < -0.39 is 0 Å². The lowest BCUT2D eigenvalue weighted by atomic mass is 10.1. The zero-order valence-corrected chi connectivity index (χ0v) is 9.03. The number of nitrogens with two attached hydrogens (primary N) is 1. The highest BCUT2D eigenvalue weighted by molar-refractivity contribution is 5.85. The minimum atomic E-state index is 0.0234. The SMILES string of the molecule is CCC(NC1CCC(C)C1)C(N)=NO. The summed E-state index contributed by atoms with van der Waals surface area (Å²) in [6.45, 7) is 4.31. The van der Waals surface area contributed by atoms with Gasteiger partial charge in [0.1, 0.15) is 0 Å². The molecule has 0 radical (unpaired) electrons. The molecule has 3 unspecified atom stereocenters. The second-order valence-electron chi connectivity index (χ2n) is 4.27. The number of nitrogens with one attached hydrogen (secondary N) is 1. The zero-order valence-electron chi connectivity index (χ0n) is 9.03. The molecule has 0 aliphatic heterocycles. The van der Waals surface area contributed by atoms with Crippen LogP contribution in [0.3, 0.4) is 0 Å². The highest BCUT2D eigenvalue weighted by Gasteiger charge is 2.24. The third kappa shape index (κ3) is 2.87. The fourth-order valence-corrected chi connectivity index (χ4v) is 2.13. The first kappa shape index (κ1) is 11.3. The van der Waals surface area contributed by atoms with Crippen LogP contribution in [0.1, 0.15) is 39.5 Å². The molecule has 0 spiro atoms. The van der Waals surface area contributed by atoms with Gasteiger partial charge in [0.05, 0.1) is 6.04 Å². The number of amidine groups is 1. The first-order chi connectivity index (χ1) is 6.67. The Labute approximate surface area is 85.6 Å². The molecule has 82 valence electrons. The van der Waals surface area contributed by atoms with Gasteiger partial charge in [0, 0.05) is 6.04 Å². The van der Waals surface area contributed by atoms with E-state index in [-0.39, 0.29) is 6.04 Å². The lowest BCUT2D eigenvalue weighted by Crippen LogP contribution is -2.45. The molecule has 0 bridgehead atoms. The molecule has 1 rings (SSSR count). The van der Waals surface area contributed by atoms with Gasteiger partial charge in [-0.2, -0.15) is 0 Å². The normalized spacial score (nSPS) is 30.6. The number of hydrogen-bond donors (Lipinski definition) is 3. The number of hydrogen-bond acceptors (Lipinski definition) is 3. The Morgan fingerprint density at radius 3 is 2.79 bits per heavy atom. The van der Waals surface area contributed by atoms with Crippen LogP contribution in [-0.2, 0) is 0 Å². The van der Waals surface area contributed by atoms with E-state index in [1.54, 1.807) is 0 Å². The summed E-state index contributed by atoms with van der Waals surface area (Å²) in [5.41, 5.74) is 5.58. The Morgan fingerprint density at radius 1 is 1.64 bits per heavy atom. The molecule has 4 nitrogen and oxygen atoms in total. The van der Waals surface area contributed by atoms with E-state index in [9.17, 15) is 0 Å². The van der Waals surface area contributed by atoms with Crippen LogP contribution in [0.4, 0.5) is 0 Å². The van der Waals surface area contributed by atoms with Gasteiger partial charge in [-0.05, 0) is 31.6 Å². The van der Waals surface area contributed by atoms with Gasteiger partial charge >= 0.3 is 0 Å². The molecule has 0 amide bonds. The summed E-state index contributed by atoms with van der Waals surface area (Å²) in [5.74, 6) is 1.10. The summed E-state index contributed by atoms with van der Waals surface area (Å²) in [7, 11) is 0. The Hall–Kier alpha value is -0.770. The maximum Gasteiger partial charge on any atom is 0.156 e. The van der Waals surface area contributed by atoms with Crippen molar-refractivity contribution in [3.8, 4) is 0 Å². The van der Waals surface area contributed by atoms with Crippen molar-refractivity contribution < 1.29 is 5.21 Å². The van der Waals surface area contributed by atoms with Crippen LogP contribution in [0.5, 0.6) is 0 Å². The molecule has 0 heterocycles. The second kappa shape index (κ2) is 5.20. The standard InChI is InChI=1S/C10H21N3O/c1-3-9(10(11)13-14)12-8-5-4-7(2)6-8/h7-9,12,14H,3-6H2,1-2H3,(H2,11,13). The van der Waals surface area contributed by atoms with Gasteiger partial charge in [-0.25, -0.2) is 0 Å². The molecule has 4 N–H and O–H groups in total. The summed E-state index contributed by atoms with van der Waals surface area (Å²) in [6, 6.07) is 0.561. The molecule has 14 heavy (non-hydrogen) atoms. The minimum absolute atomic E-state index is 0.0234. The van der Waals surface area contributed by atoms with Crippen molar-refractivity contribution >= 4 is 5.84 Å². The van der Waals surface area contributed by atoms with Crippen LogP contribution in [0.25, 0.3) is 0 Å². The van der Waals surface area contributed by atoms with Crippen molar-refractivity contribution in [3.63, 3.8) is 0 Å². The van der Waals surface area contributed by atoms with Gasteiger partial charge in [0.15, 0.2) is 5.84 Å². The van der Waals surface area contributed by atoms with Crippen LogP contribution in [-0.4, -0.2) is 23.1 Å². The number of rotatable bonds is 4. The molecule has 4 heteroatoms. The average Bonchev–Trinajstić information content (AvgIpc) is 2.59. The van der Waals surface area contributed by atoms with Crippen LogP contribution in [0.2, 0.25) is 0 Å². The lowest BCUT2D eigenvalue weighted by Gasteiger charge is -2.20. The van der Waals surface area contributed by atoms with E-state index in [1.807, 2.05) is 6.92 Å². The van der Waals surface area contributed by atoms with Crippen molar-refractivity contribution in [3.05, 3.63) is 0 Å². The predicted octanol–water partition coefficient (Wildman–Crippen LogP) is 1.29. The van der Waals surface area contributed by atoms with Crippen molar-refractivity contribution in [1.29, 1.82) is 0 Å². The molecule has 1 aliphatic carbocycles. The lowest BCUT2D eigenvalue weighted by molar-refractivity contribution is 0.313. The van der Waals surface area contributed by atoms with Gasteiger partial charge in [0.2, 0.25) is 0 Å². The molecule has 0 aromatic carbocycles. The number of oxime groups is 1. The van der Waals surface area contributed by atoms with E-state index in [2.05, 4.69) is 17.4 Å². The highest BCUT2D eigenvalue weighted by Crippen LogP contribution is 2.25. The first-order valence-corrected chi connectivity index (χ1v) is 5.40. The van der Waals surface area contributed by atoms with E-state index in [4.69, 9.17) is 10.9 Å². The minimum Gasteiger partial charge on any atom is -0.409 e. The molecular formula is C10H21N3O. The van der Waals surface area contributed by atoms with Crippen molar-refractivity contribution in [2.45, 2.75) is 51.6 Å². The van der Waals surface area contributed by atoms with Gasteiger partial charge in [0.25, 0.3) is 0 Å². The van der Waals surface area contributed by atoms with E-state index in [0.717, 1.165) is 12.3 Å². The van der Waals surface area contributed by atoms with Gasteiger partial charge in [-0.3, -0.25) is 0 Å². The second-order valence-corrected chi connectivity index (χ2v) is 4.27. The highest BCUT2D eigenvalue weighted by atomic mass is 16.4. The van der Waals surface area contributed by atoms with Crippen LogP contribution < -0.4 is 11.1 Å². The molecule has 1 saturated carbocycles. The predicted molar refractivity (Wildman–Crippen MR) is 57.4 cm³/mol.